The second-order valence-electron chi connectivity index (χ2n) is 4.93. The second kappa shape index (κ2) is 7.56. The van der Waals surface area contributed by atoms with Crippen molar-refractivity contribution >= 4 is 28.9 Å². The molecule has 3 heteroatoms. The monoisotopic (exact) mass is 307 g/mol. The molecule has 0 aliphatic carbocycles. The average molecular weight is 308 g/mol. The fourth-order valence-electron chi connectivity index (χ4n) is 2.09. The standard InChI is InChI=1S/C17H19Cl2N/c1-2-3-4-13-5-7-17(8-6-13)20-12-14-9-15(18)11-16(19)10-14/h5-11,20H,2-4,12H2,1H3. The number of benzene rings is 2. The van der Waals surface area contributed by atoms with Crippen LogP contribution in [0.3, 0.4) is 0 Å². The highest BCUT2D eigenvalue weighted by atomic mass is 35.5. The Morgan fingerprint density at radius 1 is 0.900 bits per heavy atom. The highest BCUT2D eigenvalue weighted by Gasteiger charge is 1.99. The Kier molecular flexibility index (Phi) is 5.75. The van der Waals surface area contributed by atoms with E-state index in [2.05, 4.69) is 36.5 Å². The lowest BCUT2D eigenvalue weighted by Crippen LogP contribution is -1.99. The SMILES string of the molecule is CCCCc1ccc(NCc2cc(Cl)cc(Cl)c2)cc1. The largest absolute Gasteiger partial charge is 0.381 e. The smallest absolute Gasteiger partial charge is 0.0424 e. The van der Waals surface area contributed by atoms with E-state index in [1.54, 1.807) is 6.07 Å². The molecular formula is C17H19Cl2N. The zero-order valence-corrected chi connectivity index (χ0v) is 13.1. The van der Waals surface area contributed by atoms with Crippen molar-refractivity contribution in [2.45, 2.75) is 32.7 Å². The lowest BCUT2D eigenvalue weighted by Gasteiger charge is -2.08. The van der Waals surface area contributed by atoms with Crippen LogP contribution in [0.1, 0.15) is 30.9 Å². The summed E-state index contributed by atoms with van der Waals surface area (Å²) >= 11 is 12.0. The van der Waals surface area contributed by atoms with Crippen molar-refractivity contribution < 1.29 is 0 Å². The van der Waals surface area contributed by atoms with Gasteiger partial charge in [0.05, 0.1) is 0 Å². The van der Waals surface area contributed by atoms with Crippen molar-refractivity contribution in [1.82, 2.24) is 0 Å². The predicted molar refractivity (Wildman–Crippen MR) is 88.8 cm³/mol. The molecule has 0 saturated heterocycles. The molecule has 0 aliphatic heterocycles. The van der Waals surface area contributed by atoms with Gasteiger partial charge in [0.2, 0.25) is 0 Å². The summed E-state index contributed by atoms with van der Waals surface area (Å²) in [6.45, 7) is 2.93. The normalized spacial score (nSPS) is 10.6. The van der Waals surface area contributed by atoms with Crippen LogP contribution in [0.25, 0.3) is 0 Å². The van der Waals surface area contributed by atoms with Crippen LogP contribution in [-0.4, -0.2) is 0 Å². The van der Waals surface area contributed by atoms with Crippen LogP contribution in [-0.2, 0) is 13.0 Å². The summed E-state index contributed by atoms with van der Waals surface area (Å²) in [5.41, 5.74) is 3.59. The van der Waals surface area contributed by atoms with Gasteiger partial charge in [0.25, 0.3) is 0 Å². The number of aryl methyl sites for hydroxylation is 1. The molecule has 0 amide bonds. The van der Waals surface area contributed by atoms with Gasteiger partial charge in [0, 0.05) is 22.3 Å². The lowest BCUT2D eigenvalue weighted by atomic mass is 10.1. The maximum atomic E-state index is 5.99. The minimum atomic E-state index is 0.671. The molecule has 0 spiro atoms. The van der Waals surface area contributed by atoms with Gasteiger partial charge in [-0.2, -0.15) is 0 Å². The molecular weight excluding hydrogens is 289 g/mol. The summed E-state index contributed by atoms with van der Waals surface area (Å²) in [7, 11) is 0. The summed E-state index contributed by atoms with van der Waals surface area (Å²) < 4.78 is 0. The molecule has 0 saturated carbocycles. The second-order valence-corrected chi connectivity index (χ2v) is 5.80. The predicted octanol–water partition coefficient (Wildman–Crippen LogP) is 5.95. The molecule has 1 N–H and O–H groups in total. The molecule has 0 atom stereocenters. The van der Waals surface area contributed by atoms with Gasteiger partial charge in [-0.1, -0.05) is 48.7 Å². The van der Waals surface area contributed by atoms with Crippen LogP contribution in [0.4, 0.5) is 5.69 Å². The van der Waals surface area contributed by atoms with Crippen molar-refractivity contribution in [1.29, 1.82) is 0 Å². The van der Waals surface area contributed by atoms with Crippen LogP contribution in [0.5, 0.6) is 0 Å². The molecule has 0 radical (unpaired) electrons. The van der Waals surface area contributed by atoms with Crippen LogP contribution in [0.15, 0.2) is 42.5 Å². The Bertz CT molecular complexity index is 529. The van der Waals surface area contributed by atoms with Crippen LogP contribution in [0, 0.1) is 0 Å². The number of halogens is 2. The minimum Gasteiger partial charge on any atom is -0.381 e. The van der Waals surface area contributed by atoms with Gasteiger partial charge in [0.15, 0.2) is 0 Å². The molecule has 106 valence electrons. The van der Waals surface area contributed by atoms with Gasteiger partial charge in [-0.15, -0.1) is 0 Å². The summed E-state index contributed by atoms with van der Waals surface area (Å²) in [5.74, 6) is 0. The number of hydrogen-bond donors (Lipinski definition) is 1. The van der Waals surface area contributed by atoms with Gasteiger partial charge >= 0.3 is 0 Å². The first kappa shape index (κ1) is 15.2. The maximum Gasteiger partial charge on any atom is 0.0424 e. The third-order valence-electron chi connectivity index (χ3n) is 3.19. The van der Waals surface area contributed by atoms with Crippen molar-refractivity contribution in [3.05, 3.63) is 63.6 Å². The highest BCUT2D eigenvalue weighted by molar-refractivity contribution is 6.34. The number of nitrogens with one attached hydrogen (secondary N) is 1. The fourth-order valence-corrected chi connectivity index (χ4v) is 2.66. The molecule has 0 aliphatic rings. The quantitative estimate of drug-likeness (QED) is 0.695. The molecule has 2 rings (SSSR count). The first-order valence-corrected chi connectivity index (χ1v) is 7.71. The molecule has 0 fully saturated rings. The average Bonchev–Trinajstić information content (AvgIpc) is 2.43. The van der Waals surface area contributed by atoms with E-state index >= 15 is 0 Å². The third-order valence-corrected chi connectivity index (χ3v) is 3.63. The van der Waals surface area contributed by atoms with E-state index in [9.17, 15) is 0 Å². The Morgan fingerprint density at radius 3 is 2.15 bits per heavy atom. The number of hydrogen-bond acceptors (Lipinski definition) is 1. The summed E-state index contributed by atoms with van der Waals surface area (Å²) in [5, 5.41) is 4.72. The van der Waals surface area contributed by atoms with E-state index in [1.807, 2.05) is 12.1 Å². The highest BCUT2D eigenvalue weighted by Crippen LogP contribution is 2.20. The van der Waals surface area contributed by atoms with Gasteiger partial charge in [0.1, 0.15) is 0 Å². The van der Waals surface area contributed by atoms with Gasteiger partial charge in [-0.25, -0.2) is 0 Å². The van der Waals surface area contributed by atoms with E-state index in [-0.39, 0.29) is 0 Å². The summed E-state index contributed by atoms with van der Waals surface area (Å²) in [4.78, 5) is 0. The number of rotatable bonds is 6. The van der Waals surface area contributed by atoms with E-state index in [0.717, 1.165) is 17.7 Å². The van der Waals surface area contributed by atoms with Gasteiger partial charge in [-0.3, -0.25) is 0 Å². The summed E-state index contributed by atoms with van der Waals surface area (Å²) in [6, 6.07) is 14.2. The zero-order valence-electron chi connectivity index (χ0n) is 11.6. The minimum absolute atomic E-state index is 0.671. The number of anilines is 1. The van der Waals surface area contributed by atoms with Gasteiger partial charge in [-0.05, 0) is 54.3 Å². The van der Waals surface area contributed by atoms with Crippen LogP contribution >= 0.6 is 23.2 Å². The fraction of sp³-hybridized carbons (Fsp3) is 0.294. The van der Waals surface area contributed by atoms with Crippen molar-refractivity contribution in [2.24, 2.45) is 0 Å². The first-order chi connectivity index (χ1) is 9.67. The van der Waals surface area contributed by atoms with Crippen LogP contribution < -0.4 is 5.32 Å². The van der Waals surface area contributed by atoms with Crippen molar-refractivity contribution in [3.63, 3.8) is 0 Å². The number of unbranched alkanes of at least 4 members (excludes halogenated alkanes) is 1. The Morgan fingerprint density at radius 2 is 1.55 bits per heavy atom. The van der Waals surface area contributed by atoms with Crippen molar-refractivity contribution in [2.75, 3.05) is 5.32 Å². The first-order valence-electron chi connectivity index (χ1n) is 6.95. The maximum absolute atomic E-state index is 5.99. The van der Waals surface area contributed by atoms with E-state index < -0.39 is 0 Å². The van der Waals surface area contributed by atoms with Crippen LogP contribution in [0.2, 0.25) is 10.0 Å². The molecule has 2 aromatic rings. The molecule has 0 bridgehead atoms. The molecule has 20 heavy (non-hydrogen) atoms. The lowest BCUT2D eigenvalue weighted by molar-refractivity contribution is 0.795. The Hall–Kier alpha value is -1.18. The van der Waals surface area contributed by atoms with E-state index in [1.165, 1.54) is 18.4 Å². The summed E-state index contributed by atoms with van der Waals surface area (Å²) in [6.07, 6.45) is 3.63. The van der Waals surface area contributed by atoms with Gasteiger partial charge < -0.3 is 5.32 Å². The van der Waals surface area contributed by atoms with E-state index in [4.69, 9.17) is 23.2 Å². The Labute approximate surface area is 130 Å². The third kappa shape index (κ3) is 4.73. The molecule has 1 nitrogen and oxygen atoms in total. The molecule has 2 aromatic carbocycles. The molecule has 0 aromatic heterocycles. The Balaban J connectivity index is 1.93. The molecule has 0 heterocycles. The van der Waals surface area contributed by atoms with Crippen molar-refractivity contribution in [3.8, 4) is 0 Å². The zero-order chi connectivity index (χ0) is 14.4. The topological polar surface area (TPSA) is 12.0 Å². The van der Waals surface area contributed by atoms with E-state index in [0.29, 0.717) is 16.6 Å². The molecule has 0 unspecified atom stereocenters.